The summed E-state index contributed by atoms with van der Waals surface area (Å²) in [5, 5.41) is 20.3. The smallest absolute Gasteiger partial charge is 0.419 e. The fourth-order valence-electron chi connectivity index (χ4n) is 2.42. The van der Waals surface area contributed by atoms with Crippen LogP contribution in [0.2, 0.25) is 0 Å². The maximum Gasteiger partial charge on any atom is 0.419 e. The number of aromatic nitrogens is 2. The molecule has 0 aliphatic heterocycles. The number of nitrogen functional groups attached to an aromatic ring is 1. The number of aliphatic hydroxyl groups is 1. The zero-order valence-electron chi connectivity index (χ0n) is 15.5. The van der Waals surface area contributed by atoms with Crippen LogP contribution in [0.25, 0.3) is 11.3 Å². The fourth-order valence-corrected chi connectivity index (χ4v) is 2.42. The second-order valence-electron chi connectivity index (χ2n) is 6.44. The molecule has 2 aromatic heterocycles. The molecule has 2 aromatic rings. The summed E-state index contributed by atoms with van der Waals surface area (Å²) in [5.41, 5.74) is -4.57. The molecule has 0 aliphatic carbocycles. The minimum atomic E-state index is -5.28. The van der Waals surface area contributed by atoms with E-state index < -0.39 is 70.3 Å². The topological polar surface area (TPSA) is 138 Å². The number of carboxylic acids is 1. The van der Waals surface area contributed by atoms with Gasteiger partial charge in [-0.05, 0) is 19.1 Å². The monoisotopic (exact) mass is 452 g/mol. The van der Waals surface area contributed by atoms with Crippen LogP contribution in [0, 0.1) is 0 Å². The second-order valence-corrected chi connectivity index (χ2v) is 6.44. The van der Waals surface area contributed by atoms with Crippen LogP contribution in [0.4, 0.5) is 32.0 Å². The summed E-state index contributed by atoms with van der Waals surface area (Å²) in [6.45, 7) is -1.06. The van der Waals surface area contributed by atoms with Crippen molar-refractivity contribution in [2.75, 3.05) is 12.3 Å². The summed E-state index contributed by atoms with van der Waals surface area (Å²) in [5.74, 6) is -3.70. The molecule has 2 heterocycles. The van der Waals surface area contributed by atoms with Crippen LogP contribution in [0.1, 0.15) is 33.5 Å². The normalized spacial score (nSPS) is 14.1. The minimum Gasteiger partial charge on any atom is -0.476 e. The third-order valence-corrected chi connectivity index (χ3v) is 4.06. The number of halogens is 6. The van der Waals surface area contributed by atoms with Gasteiger partial charge in [0.15, 0.2) is 17.0 Å². The van der Waals surface area contributed by atoms with Gasteiger partial charge in [-0.2, -0.15) is 26.3 Å². The third kappa shape index (κ3) is 4.84. The molecule has 5 N–H and O–H groups in total. The molecule has 0 aliphatic rings. The third-order valence-electron chi connectivity index (χ3n) is 4.06. The molecule has 31 heavy (non-hydrogen) atoms. The average molecular weight is 452 g/mol. The highest BCUT2D eigenvalue weighted by molar-refractivity contribution is 6.04. The molecule has 0 fully saturated rings. The van der Waals surface area contributed by atoms with Gasteiger partial charge in [-0.1, -0.05) is 6.07 Å². The van der Waals surface area contributed by atoms with Crippen LogP contribution < -0.4 is 11.1 Å². The van der Waals surface area contributed by atoms with E-state index >= 15 is 0 Å². The van der Waals surface area contributed by atoms with Gasteiger partial charge in [-0.3, -0.25) is 9.78 Å². The first kappa shape index (κ1) is 23.9. The van der Waals surface area contributed by atoms with Gasteiger partial charge >= 0.3 is 18.3 Å². The number of nitrogens with two attached hydrogens (primary N) is 1. The number of rotatable bonds is 5. The van der Waals surface area contributed by atoms with E-state index in [0.29, 0.717) is 6.92 Å². The largest absolute Gasteiger partial charge is 0.476 e. The number of hydrogen-bond acceptors (Lipinski definition) is 6. The Balaban J connectivity index is 2.69. The zero-order valence-corrected chi connectivity index (χ0v) is 15.5. The van der Waals surface area contributed by atoms with E-state index in [1.807, 2.05) is 0 Å². The number of carboxylic acid groups (broad SMARTS) is 1. The van der Waals surface area contributed by atoms with E-state index in [9.17, 15) is 46.1 Å². The van der Waals surface area contributed by atoms with E-state index in [0.717, 1.165) is 12.3 Å². The minimum absolute atomic E-state index is 0.346. The molecule has 0 saturated carbocycles. The summed E-state index contributed by atoms with van der Waals surface area (Å²) in [6.07, 6.45) is -9.35. The van der Waals surface area contributed by atoms with Crippen molar-refractivity contribution in [1.82, 2.24) is 15.3 Å². The van der Waals surface area contributed by atoms with Crippen LogP contribution >= 0.6 is 0 Å². The van der Waals surface area contributed by atoms with Gasteiger partial charge in [-0.25, -0.2) is 9.78 Å². The highest BCUT2D eigenvalue weighted by atomic mass is 19.4. The lowest BCUT2D eigenvalue weighted by molar-refractivity contribution is -0.249. The Morgan fingerprint density at radius 2 is 1.74 bits per heavy atom. The predicted octanol–water partition coefficient (Wildman–Crippen LogP) is 2.49. The summed E-state index contributed by atoms with van der Waals surface area (Å²) in [6, 6.07) is 3.67. The predicted molar refractivity (Wildman–Crippen MR) is 92.9 cm³/mol. The summed E-state index contributed by atoms with van der Waals surface area (Å²) >= 11 is 0. The Hall–Kier alpha value is -3.42. The molecular formula is C17H14F6N4O4. The summed E-state index contributed by atoms with van der Waals surface area (Å²) < 4.78 is 79.2. The van der Waals surface area contributed by atoms with Gasteiger partial charge in [0.1, 0.15) is 5.56 Å². The van der Waals surface area contributed by atoms with Crippen LogP contribution in [0.15, 0.2) is 24.4 Å². The lowest BCUT2D eigenvalue weighted by atomic mass is 9.98. The quantitative estimate of drug-likeness (QED) is 0.512. The molecule has 0 saturated heterocycles. The number of amides is 1. The second kappa shape index (κ2) is 8.02. The van der Waals surface area contributed by atoms with Crippen molar-refractivity contribution in [1.29, 1.82) is 0 Å². The van der Waals surface area contributed by atoms with Crippen molar-refractivity contribution in [3.05, 3.63) is 41.3 Å². The van der Waals surface area contributed by atoms with Crippen molar-refractivity contribution in [3.8, 4) is 11.3 Å². The van der Waals surface area contributed by atoms with Crippen LogP contribution in [-0.2, 0) is 6.18 Å². The van der Waals surface area contributed by atoms with Gasteiger partial charge in [0, 0.05) is 11.8 Å². The maximum atomic E-state index is 13.7. The molecule has 1 amide bonds. The Bertz CT molecular complexity index is 1010. The Kier molecular flexibility index (Phi) is 6.17. The lowest BCUT2D eigenvalue weighted by Crippen LogP contribution is -2.51. The van der Waals surface area contributed by atoms with Gasteiger partial charge in [0.2, 0.25) is 0 Å². The Morgan fingerprint density at radius 1 is 1.13 bits per heavy atom. The number of hydrogen-bond donors (Lipinski definition) is 4. The number of nitrogens with zero attached hydrogens (tertiary/aromatic N) is 2. The molecule has 0 aromatic carbocycles. The van der Waals surface area contributed by atoms with Gasteiger partial charge in [0.25, 0.3) is 5.91 Å². The van der Waals surface area contributed by atoms with E-state index in [4.69, 9.17) is 5.73 Å². The highest BCUT2D eigenvalue weighted by Gasteiger charge is 2.50. The standard InChI is InChI=1S/C17H14F6N4O4/c1-15(31,17(21,22)23)6-26-13(28)12-10(24)8(7-4-2-3-5-25-7)9(16(18,19)20)11(27-12)14(29)30/h2-5,31H,6,24H2,1H3,(H,26,28)(H,29,30). The summed E-state index contributed by atoms with van der Waals surface area (Å²) in [7, 11) is 0. The number of carbonyl (C=O) groups is 2. The van der Waals surface area contributed by atoms with E-state index in [-0.39, 0.29) is 0 Å². The highest BCUT2D eigenvalue weighted by Crippen LogP contribution is 2.42. The number of alkyl halides is 6. The Labute approximate surface area is 169 Å². The Morgan fingerprint density at radius 3 is 2.19 bits per heavy atom. The van der Waals surface area contributed by atoms with Crippen molar-refractivity contribution >= 4 is 17.6 Å². The van der Waals surface area contributed by atoms with Gasteiger partial charge in [0.05, 0.1) is 17.9 Å². The number of carbonyl (C=O) groups excluding carboxylic acids is 1. The number of anilines is 1. The van der Waals surface area contributed by atoms with E-state index in [1.165, 1.54) is 12.1 Å². The molecule has 1 atom stereocenters. The number of nitrogens with one attached hydrogen (secondary N) is 1. The molecule has 2 rings (SSSR count). The van der Waals surface area contributed by atoms with Crippen molar-refractivity contribution in [3.63, 3.8) is 0 Å². The zero-order chi connectivity index (χ0) is 23.8. The van der Waals surface area contributed by atoms with Crippen molar-refractivity contribution in [2.24, 2.45) is 0 Å². The molecule has 0 bridgehead atoms. The first-order valence-corrected chi connectivity index (χ1v) is 8.20. The lowest BCUT2D eigenvalue weighted by Gasteiger charge is -2.26. The van der Waals surface area contributed by atoms with Crippen LogP contribution in [-0.4, -0.2) is 50.4 Å². The molecular weight excluding hydrogens is 438 g/mol. The van der Waals surface area contributed by atoms with Crippen LogP contribution in [0.3, 0.4) is 0 Å². The molecule has 0 radical (unpaired) electrons. The molecule has 0 spiro atoms. The molecule has 1 unspecified atom stereocenters. The number of aromatic carboxylic acids is 1. The van der Waals surface area contributed by atoms with E-state index in [1.54, 1.807) is 5.32 Å². The van der Waals surface area contributed by atoms with Crippen molar-refractivity contribution < 1.29 is 46.1 Å². The fraction of sp³-hybridized carbons (Fsp3) is 0.294. The van der Waals surface area contributed by atoms with Crippen molar-refractivity contribution in [2.45, 2.75) is 24.9 Å². The van der Waals surface area contributed by atoms with Gasteiger partial charge in [-0.15, -0.1) is 0 Å². The van der Waals surface area contributed by atoms with Crippen LogP contribution in [0.5, 0.6) is 0 Å². The SMILES string of the molecule is CC(O)(CNC(=O)c1nc(C(=O)O)c(C(F)(F)F)c(-c2ccccn2)c1N)C(F)(F)F. The molecule has 8 nitrogen and oxygen atoms in total. The number of pyridine rings is 2. The maximum absolute atomic E-state index is 13.7. The molecule has 14 heteroatoms. The van der Waals surface area contributed by atoms with Gasteiger partial charge < -0.3 is 21.3 Å². The summed E-state index contributed by atoms with van der Waals surface area (Å²) in [4.78, 5) is 30.6. The first-order chi connectivity index (χ1) is 14.1. The average Bonchev–Trinajstić information content (AvgIpc) is 2.64. The first-order valence-electron chi connectivity index (χ1n) is 8.20. The molecule has 168 valence electrons. The van der Waals surface area contributed by atoms with E-state index in [2.05, 4.69) is 9.97 Å².